The molecule has 0 atom stereocenters. The molecule has 0 amide bonds. The van der Waals surface area contributed by atoms with E-state index in [1.54, 1.807) is 12.1 Å². The van der Waals surface area contributed by atoms with Crippen molar-refractivity contribution in [2.75, 3.05) is 0 Å². The zero-order valence-electron chi connectivity index (χ0n) is 28.2. The van der Waals surface area contributed by atoms with Crippen molar-refractivity contribution in [1.29, 1.82) is 0 Å². The molecule has 51 heavy (non-hydrogen) atoms. The number of ether oxygens (including phenoxy) is 2. The van der Waals surface area contributed by atoms with Crippen LogP contribution >= 0.6 is 0 Å². The van der Waals surface area contributed by atoms with Gasteiger partial charge in [0, 0.05) is 0 Å². The Bertz CT molecular complexity index is 1710. The van der Waals surface area contributed by atoms with Gasteiger partial charge in [0.2, 0.25) is 5.75 Å². The average molecular weight is 723 g/mol. The fourth-order valence-electron chi connectivity index (χ4n) is 6.91. The third kappa shape index (κ3) is 10.7. The SMILES string of the molecule is CC1CCC(c2ccc(-c3cc(F)c(OC(F)(F)F)c(F)c3)cc2)CC1.CC1CCC(c2ccc(-c3ccc(OC(F)(F)F)c(F)c3)cc2)CC1. The van der Waals surface area contributed by atoms with E-state index in [1.165, 1.54) is 55.7 Å². The minimum atomic E-state index is -5.15. The van der Waals surface area contributed by atoms with Gasteiger partial charge >= 0.3 is 12.7 Å². The molecule has 2 nitrogen and oxygen atoms in total. The predicted octanol–water partition coefficient (Wildman–Crippen LogP) is 13.5. The van der Waals surface area contributed by atoms with Gasteiger partial charge in [-0.3, -0.25) is 0 Å². The highest BCUT2D eigenvalue weighted by Gasteiger charge is 2.34. The molecule has 2 fully saturated rings. The Balaban J connectivity index is 0.000000198. The summed E-state index contributed by atoms with van der Waals surface area (Å²) < 4.78 is 122. The highest BCUT2D eigenvalue weighted by Crippen LogP contribution is 2.39. The van der Waals surface area contributed by atoms with E-state index >= 15 is 0 Å². The molecule has 0 aromatic heterocycles. The maximum Gasteiger partial charge on any atom is 0.573 e. The Kier molecular flexibility index (Phi) is 12.0. The molecule has 6 rings (SSSR count). The summed E-state index contributed by atoms with van der Waals surface area (Å²) in [7, 11) is 0. The zero-order chi connectivity index (χ0) is 36.9. The molecular formula is C40H39F9O2. The standard InChI is InChI=1S/C20H19F5O.C20H20F4O/c1-12-2-4-13(5-3-12)14-6-8-15(9-7-14)16-10-17(21)19(18(22)11-16)26-20(23,24)25;1-13-2-4-14(5-3-13)15-6-8-16(9-7-15)17-10-11-19(18(21)12-17)25-20(22,23)24/h6-13H,2-5H2,1H3;6-14H,2-5H2,1H3. The largest absolute Gasteiger partial charge is 0.573 e. The number of benzene rings is 4. The van der Waals surface area contributed by atoms with E-state index in [0.717, 1.165) is 54.5 Å². The van der Waals surface area contributed by atoms with E-state index in [4.69, 9.17) is 0 Å². The minimum Gasteiger partial charge on any atom is -0.403 e. The lowest BCUT2D eigenvalue weighted by molar-refractivity contribution is -0.277. The maximum atomic E-state index is 13.9. The second kappa shape index (κ2) is 16.0. The highest BCUT2D eigenvalue weighted by molar-refractivity contribution is 5.66. The van der Waals surface area contributed by atoms with Crippen LogP contribution in [0, 0.1) is 29.3 Å². The van der Waals surface area contributed by atoms with E-state index in [1.807, 2.05) is 36.4 Å². The van der Waals surface area contributed by atoms with Gasteiger partial charge in [0.25, 0.3) is 0 Å². The summed E-state index contributed by atoms with van der Waals surface area (Å²) in [4.78, 5) is 0. The Hall–Kier alpha value is -4.15. The summed E-state index contributed by atoms with van der Waals surface area (Å²) in [5.41, 5.74) is 4.45. The molecule has 274 valence electrons. The Morgan fingerprint density at radius 2 is 0.824 bits per heavy atom. The van der Waals surface area contributed by atoms with E-state index in [2.05, 4.69) is 23.3 Å². The van der Waals surface area contributed by atoms with Gasteiger partial charge in [0.15, 0.2) is 23.2 Å². The molecule has 0 heterocycles. The Labute approximate surface area is 291 Å². The van der Waals surface area contributed by atoms with Crippen LogP contribution in [0.4, 0.5) is 39.5 Å². The first-order valence-electron chi connectivity index (χ1n) is 17.1. The maximum absolute atomic E-state index is 13.9. The second-order valence-electron chi connectivity index (χ2n) is 13.7. The minimum absolute atomic E-state index is 0.165. The molecule has 11 heteroatoms. The summed E-state index contributed by atoms with van der Waals surface area (Å²) in [6.45, 7) is 4.52. The lowest BCUT2D eigenvalue weighted by atomic mass is 9.79. The van der Waals surface area contributed by atoms with Crippen molar-refractivity contribution in [1.82, 2.24) is 0 Å². The molecule has 0 bridgehead atoms. The quantitative estimate of drug-likeness (QED) is 0.185. The molecule has 0 aliphatic heterocycles. The van der Waals surface area contributed by atoms with Gasteiger partial charge in [0.05, 0.1) is 0 Å². The van der Waals surface area contributed by atoms with Crippen LogP contribution in [0.3, 0.4) is 0 Å². The molecule has 2 aliphatic rings. The molecule has 0 radical (unpaired) electrons. The van der Waals surface area contributed by atoms with Crippen molar-refractivity contribution in [3.05, 3.63) is 107 Å². The van der Waals surface area contributed by atoms with Gasteiger partial charge in [0.1, 0.15) is 0 Å². The van der Waals surface area contributed by atoms with E-state index in [0.29, 0.717) is 23.0 Å². The lowest BCUT2D eigenvalue weighted by Gasteiger charge is -2.26. The smallest absolute Gasteiger partial charge is 0.403 e. The van der Waals surface area contributed by atoms with Gasteiger partial charge in [-0.15, -0.1) is 26.3 Å². The number of hydrogen-bond acceptors (Lipinski definition) is 2. The van der Waals surface area contributed by atoms with Gasteiger partial charge in [-0.1, -0.05) is 94.1 Å². The van der Waals surface area contributed by atoms with E-state index < -0.39 is 41.7 Å². The topological polar surface area (TPSA) is 18.5 Å². The summed E-state index contributed by atoms with van der Waals surface area (Å²) in [5, 5.41) is 0. The van der Waals surface area contributed by atoms with Crippen LogP contribution in [0.1, 0.15) is 88.2 Å². The van der Waals surface area contributed by atoms with Crippen molar-refractivity contribution in [3.63, 3.8) is 0 Å². The molecule has 2 saturated carbocycles. The first-order chi connectivity index (χ1) is 24.0. The number of halogens is 9. The highest BCUT2D eigenvalue weighted by atomic mass is 19.4. The summed E-state index contributed by atoms with van der Waals surface area (Å²) in [6, 6.07) is 20.4. The molecule has 0 saturated heterocycles. The number of alkyl halides is 6. The van der Waals surface area contributed by atoms with Gasteiger partial charge < -0.3 is 9.47 Å². The molecule has 2 aliphatic carbocycles. The summed E-state index contributed by atoms with van der Waals surface area (Å²) >= 11 is 0. The lowest BCUT2D eigenvalue weighted by Crippen LogP contribution is -2.19. The molecule has 4 aromatic rings. The zero-order valence-corrected chi connectivity index (χ0v) is 28.2. The number of rotatable bonds is 6. The first-order valence-corrected chi connectivity index (χ1v) is 17.1. The van der Waals surface area contributed by atoms with Gasteiger partial charge in [-0.05, 0) is 107 Å². The van der Waals surface area contributed by atoms with E-state index in [9.17, 15) is 39.5 Å². The van der Waals surface area contributed by atoms with Crippen LogP contribution in [0.2, 0.25) is 0 Å². The van der Waals surface area contributed by atoms with Crippen molar-refractivity contribution < 1.29 is 49.0 Å². The fraction of sp³-hybridized carbons (Fsp3) is 0.400. The molecular weight excluding hydrogens is 683 g/mol. The summed E-state index contributed by atoms with van der Waals surface area (Å²) in [5.74, 6) is -3.48. The van der Waals surface area contributed by atoms with Crippen LogP contribution in [0.25, 0.3) is 22.3 Å². The monoisotopic (exact) mass is 722 g/mol. The molecule has 0 N–H and O–H groups in total. The van der Waals surface area contributed by atoms with Crippen LogP contribution in [-0.2, 0) is 0 Å². The average Bonchev–Trinajstić information content (AvgIpc) is 3.07. The van der Waals surface area contributed by atoms with Crippen molar-refractivity contribution in [2.45, 2.75) is 89.8 Å². The van der Waals surface area contributed by atoms with Crippen LogP contribution in [0.5, 0.6) is 11.5 Å². The van der Waals surface area contributed by atoms with E-state index in [-0.39, 0.29) is 5.56 Å². The van der Waals surface area contributed by atoms with Crippen molar-refractivity contribution in [2.24, 2.45) is 11.8 Å². The first kappa shape index (κ1) is 38.1. The van der Waals surface area contributed by atoms with Crippen LogP contribution in [0.15, 0.2) is 78.9 Å². The van der Waals surface area contributed by atoms with Gasteiger partial charge in [-0.2, -0.15) is 0 Å². The second-order valence-corrected chi connectivity index (χ2v) is 13.7. The van der Waals surface area contributed by atoms with Crippen LogP contribution < -0.4 is 9.47 Å². The fourth-order valence-corrected chi connectivity index (χ4v) is 6.91. The Morgan fingerprint density at radius 3 is 1.22 bits per heavy atom. The molecule has 4 aromatic carbocycles. The Morgan fingerprint density at radius 1 is 0.451 bits per heavy atom. The molecule has 0 unspecified atom stereocenters. The summed E-state index contributed by atoms with van der Waals surface area (Å²) in [6.07, 6.45) is -0.620. The van der Waals surface area contributed by atoms with Crippen molar-refractivity contribution in [3.8, 4) is 33.8 Å². The molecule has 0 spiro atoms. The predicted molar refractivity (Wildman–Crippen MR) is 178 cm³/mol. The normalized spacial score (nSPS) is 21.0. The number of hydrogen-bond donors (Lipinski definition) is 0. The van der Waals surface area contributed by atoms with Gasteiger partial charge in [-0.25, -0.2) is 13.2 Å². The third-order valence-electron chi connectivity index (χ3n) is 9.84. The van der Waals surface area contributed by atoms with Crippen LogP contribution in [-0.4, -0.2) is 12.7 Å². The third-order valence-corrected chi connectivity index (χ3v) is 9.84. The van der Waals surface area contributed by atoms with Crippen molar-refractivity contribution >= 4 is 0 Å².